The summed E-state index contributed by atoms with van der Waals surface area (Å²) in [5, 5.41) is 5.69. The number of aromatic nitrogens is 2. The van der Waals surface area contributed by atoms with Gasteiger partial charge in [0.2, 0.25) is 0 Å². The Morgan fingerprint density at radius 1 is 1.43 bits per heavy atom. The number of hydrogen-bond acceptors (Lipinski definition) is 3. The predicted molar refractivity (Wildman–Crippen MR) is 81.5 cm³/mol. The summed E-state index contributed by atoms with van der Waals surface area (Å²) < 4.78 is 7.27. The van der Waals surface area contributed by atoms with Gasteiger partial charge in [0, 0.05) is 51.2 Å². The van der Waals surface area contributed by atoms with Crippen LogP contribution in [-0.2, 0) is 11.2 Å². The second-order valence-electron chi connectivity index (χ2n) is 5.55. The highest BCUT2D eigenvalue weighted by Gasteiger charge is 2.23. The van der Waals surface area contributed by atoms with Gasteiger partial charge in [-0.1, -0.05) is 0 Å². The zero-order chi connectivity index (χ0) is 15.1. The minimum atomic E-state index is -0.121. The Morgan fingerprint density at radius 2 is 2.19 bits per heavy atom. The molecule has 2 amide bonds. The molecule has 0 radical (unpaired) electrons. The minimum absolute atomic E-state index is 0.121. The lowest BCUT2D eigenvalue weighted by Crippen LogP contribution is -2.37. The zero-order valence-corrected chi connectivity index (χ0v) is 13.0. The van der Waals surface area contributed by atoms with Crippen LogP contribution < -0.4 is 10.6 Å². The Bertz CT molecular complexity index is 455. The molecule has 1 heterocycles. The van der Waals surface area contributed by atoms with Crippen LogP contribution in [0.5, 0.6) is 0 Å². The van der Waals surface area contributed by atoms with Gasteiger partial charge in [0.15, 0.2) is 0 Å². The molecule has 1 fully saturated rings. The second kappa shape index (κ2) is 8.02. The lowest BCUT2D eigenvalue weighted by atomic mass is 9.92. The van der Waals surface area contributed by atoms with Crippen LogP contribution in [0.3, 0.4) is 0 Å². The molecule has 0 bridgehead atoms. The van der Waals surface area contributed by atoms with Gasteiger partial charge in [-0.2, -0.15) is 0 Å². The van der Waals surface area contributed by atoms with Crippen molar-refractivity contribution in [2.75, 3.05) is 26.8 Å². The van der Waals surface area contributed by atoms with E-state index in [9.17, 15) is 4.79 Å². The van der Waals surface area contributed by atoms with E-state index in [1.54, 1.807) is 7.11 Å². The molecule has 6 heteroatoms. The number of carbonyl (C=O) groups excluding carboxylic acids is 1. The Hall–Kier alpha value is -1.56. The van der Waals surface area contributed by atoms with E-state index in [0.29, 0.717) is 25.7 Å². The van der Waals surface area contributed by atoms with Crippen LogP contribution in [0, 0.1) is 6.92 Å². The minimum Gasteiger partial charge on any atom is -0.385 e. The van der Waals surface area contributed by atoms with Crippen LogP contribution in [0.4, 0.5) is 4.79 Å². The van der Waals surface area contributed by atoms with Crippen molar-refractivity contribution >= 4 is 6.03 Å². The summed E-state index contributed by atoms with van der Waals surface area (Å²) in [4.78, 5) is 16.1. The van der Waals surface area contributed by atoms with Crippen molar-refractivity contribution in [1.29, 1.82) is 0 Å². The Labute approximate surface area is 126 Å². The van der Waals surface area contributed by atoms with Crippen LogP contribution >= 0.6 is 0 Å². The predicted octanol–water partition coefficient (Wildman–Crippen LogP) is 1.79. The summed E-state index contributed by atoms with van der Waals surface area (Å²) in [5.41, 5.74) is 1.22. The number of ether oxygens (including phenoxy) is 1. The Kier molecular flexibility index (Phi) is 6.04. The number of rotatable bonds is 8. The van der Waals surface area contributed by atoms with Crippen molar-refractivity contribution < 1.29 is 9.53 Å². The maximum atomic E-state index is 11.6. The summed E-state index contributed by atoms with van der Waals surface area (Å²) in [5.74, 6) is 1.08. The largest absolute Gasteiger partial charge is 0.385 e. The number of amides is 2. The number of carbonyl (C=O) groups is 1. The van der Waals surface area contributed by atoms with E-state index in [2.05, 4.69) is 27.1 Å². The van der Waals surface area contributed by atoms with Crippen molar-refractivity contribution in [3.05, 3.63) is 17.7 Å². The highest BCUT2D eigenvalue weighted by Crippen LogP contribution is 2.33. The lowest BCUT2D eigenvalue weighted by Gasteiger charge is -2.29. The summed E-state index contributed by atoms with van der Waals surface area (Å²) in [6.07, 6.45) is 7.34. The number of nitrogens with zero attached hydrogens (tertiary/aromatic N) is 2. The molecule has 0 unspecified atom stereocenters. The lowest BCUT2D eigenvalue weighted by molar-refractivity contribution is 0.193. The average molecular weight is 294 g/mol. The molecular formula is C15H26N4O2. The molecular weight excluding hydrogens is 268 g/mol. The van der Waals surface area contributed by atoms with E-state index >= 15 is 0 Å². The van der Waals surface area contributed by atoms with E-state index in [1.165, 1.54) is 25.0 Å². The quantitative estimate of drug-likeness (QED) is 0.718. The molecule has 1 saturated carbocycles. The SMILES string of the molecule is COCCCNC(=O)NCCc1ncc(C)n1C1CCC1. The standard InChI is InChI=1S/C15H26N4O2/c1-12-11-18-14(19(12)13-5-3-6-13)7-9-17-15(20)16-8-4-10-21-2/h11,13H,3-10H2,1-2H3,(H2,16,17,20). The molecule has 1 aliphatic carbocycles. The van der Waals surface area contributed by atoms with Gasteiger partial charge < -0.3 is 19.9 Å². The maximum Gasteiger partial charge on any atom is 0.314 e. The first kappa shape index (κ1) is 15.8. The van der Waals surface area contributed by atoms with Gasteiger partial charge in [-0.05, 0) is 32.6 Å². The molecule has 0 aromatic carbocycles. The van der Waals surface area contributed by atoms with Crippen LogP contribution in [0.15, 0.2) is 6.20 Å². The summed E-state index contributed by atoms with van der Waals surface area (Å²) in [6.45, 7) is 4.01. The average Bonchev–Trinajstić information content (AvgIpc) is 2.75. The molecule has 0 atom stereocenters. The van der Waals surface area contributed by atoms with Crippen molar-refractivity contribution in [2.24, 2.45) is 0 Å². The first-order valence-electron chi connectivity index (χ1n) is 7.75. The van der Waals surface area contributed by atoms with E-state index in [0.717, 1.165) is 18.7 Å². The topological polar surface area (TPSA) is 68.2 Å². The zero-order valence-electron chi connectivity index (χ0n) is 13.0. The molecule has 2 N–H and O–H groups in total. The fraction of sp³-hybridized carbons (Fsp3) is 0.733. The number of hydrogen-bond donors (Lipinski definition) is 2. The molecule has 0 aliphatic heterocycles. The molecule has 0 spiro atoms. The molecule has 0 saturated heterocycles. The number of nitrogens with one attached hydrogen (secondary N) is 2. The monoisotopic (exact) mass is 294 g/mol. The van der Waals surface area contributed by atoms with Gasteiger partial charge in [0.25, 0.3) is 0 Å². The number of aryl methyl sites for hydroxylation is 1. The van der Waals surface area contributed by atoms with Gasteiger partial charge in [-0.25, -0.2) is 9.78 Å². The molecule has 6 nitrogen and oxygen atoms in total. The Balaban J connectivity index is 1.70. The number of imidazole rings is 1. The smallest absolute Gasteiger partial charge is 0.314 e. The number of urea groups is 1. The molecule has 118 valence electrons. The van der Waals surface area contributed by atoms with Crippen molar-refractivity contribution in [3.8, 4) is 0 Å². The van der Waals surface area contributed by atoms with Gasteiger partial charge in [-0.3, -0.25) is 0 Å². The summed E-state index contributed by atoms with van der Waals surface area (Å²) in [6, 6.07) is 0.495. The normalized spacial score (nSPS) is 14.8. The van der Waals surface area contributed by atoms with Crippen molar-refractivity contribution in [3.63, 3.8) is 0 Å². The highest BCUT2D eigenvalue weighted by molar-refractivity contribution is 5.73. The third-order valence-electron chi connectivity index (χ3n) is 3.94. The van der Waals surface area contributed by atoms with Crippen LogP contribution in [-0.4, -0.2) is 42.4 Å². The molecule has 21 heavy (non-hydrogen) atoms. The van der Waals surface area contributed by atoms with Gasteiger partial charge in [-0.15, -0.1) is 0 Å². The Morgan fingerprint density at radius 3 is 2.86 bits per heavy atom. The second-order valence-corrected chi connectivity index (χ2v) is 5.55. The number of methoxy groups -OCH3 is 1. The molecule has 2 rings (SSSR count). The van der Waals surface area contributed by atoms with Gasteiger partial charge >= 0.3 is 6.03 Å². The first-order chi connectivity index (χ1) is 10.2. The van der Waals surface area contributed by atoms with Crippen molar-refractivity contribution in [2.45, 2.75) is 45.1 Å². The maximum absolute atomic E-state index is 11.6. The summed E-state index contributed by atoms with van der Waals surface area (Å²) >= 11 is 0. The highest BCUT2D eigenvalue weighted by atomic mass is 16.5. The van der Waals surface area contributed by atoms with Crippen molar-refractivity contribution in [1.82, 2.24) is 20.2 Å². The van der Waals surface area contributed by atoms with E-state index < -0.39 is 0 Å². The third kappa shape index (κ3) is 4.46. The van der Waals surface area contributed by atoms with Crippen LogP contribution in [0.1, 0.15) is 43.2 Å². The van der Waals surface area contributed by atoms with Crippen LogP contribution in [0.2, 0.25) is 0 Å². The van der Waals surface area contributed by atoms with E-state index in [1.807, 2.05) is 6.20 Å². The van der Waals surface area contributed by atoms with Gasteiger partial charge in [0.1, 0.15) is 5.82 Å². The van der Waals surface area contributed by atoms with E-state index in [4.69, 9.17) is 4.74 Å². The third-order valence-corrected chi connectivity index (χ3v) is 3.94. The first-order valence-corrected chi connectivity index (χ1v) is 7.75. The van der Waals surface area contributed by atoms with E-state index in [-0.39, 0.29) is 6.03 Å². The molecule has 1 aromatic heterocycles. The molecule has 1 aliphatic rings. The van der Waals surface area contributed by atoms with Gasteiger partial charge in [0.05, 0.1) is 0 Å². The molecule has 1 aromatic rings. The fourth-order valence-corrected chi connectivity index (χ4v) is 2.59. The fourth-order valence-electron chi connectivity index (χ4n) is 2.59. The summed E-state index contributed by atoms with van der Waals surface area (Å²) in [7, 11) is 1.66. The van der Waals surface area contributed by atoms with Crippen LogP contribution in [0.25, 0.3) is 0 Å².